The molecule has 0 aromatic carbocycles. The molecule has 1 aromatic rings. The molecule has 0 bridgehead atoms. The minimum atomic E-state index is -2.30. The summed E-state index contributed by atoms with van der Waals surface area (Å²) >= 11 is 0. The van der Waals surface area contributed by atoms with E-state index in [4.69, 9.17) is 13.6 Å². The number of nitrogens with one attached hydrogen (secondary N) is 1. The van der Waals surface area contributed by atoms with Crippen LogP contribution < -0.4 is 11.2 Å². The zero-order valence-corrected chi connectivity index (χ0v) is 23.5. The van der Waals surface area contributed by atoms with Crippen molar-refractivity contribution in [1.82, 2.24) is 9.55 Å². The smallest absolute Gasteiger partial charge is 0.328 e. The van der Waals surface area contributed by atoms with Crippen molar-refractivity contribution in [3.05, 3.63) is 32.6 Å². The Morgan fingerprint density at radius 3 is 1.91 bits per heavy atom. The van der Waals surface area contributed by atoms with Gasteiger partial charge in [-0.2, -0.15) is 0 Å². The summed E-state index contributed by atoms with van der Waals surface area (Å²) in [7, 11) is -2.97. The molecule has 184 valence electrons. The Labute approximate surface area is 193 Å². The third-order valence-electron chi connectivity index (χ3n) is 7.41. The first-order chi connectivity index (χ1) is 14.3. The predicted octanol–water partition coefficient (Wildman–Crippen LogP) is 3.29. The van der Waals surface area contributed by atoms with Gasteiger partial charge in [-0.3, -0.25) is 9.78 Å². The summed E-state index contributed by atoms with van der Waals surface area (Å²) in [5.41, 5.74) is -0.700. The fourth-order valence-corrected chi connectivity index (χ4v) is 5.83. The van der Waals surface area contributed by atoms with Crippen LogP contribution in [0.5, 0.6) is 0 Å². The average Bonchev–Trinajstić information content (AvgIpc) is 2.92. The van der Waals surface area contributed by atoms with Gasteiger partial charge in [0.05, 0.1) is 12.2 Å². The highest BCUT2D eigenvalue weighted by molar-refractivity contribution is 6.74. The van der Waals surface area contributed by atoms with E-state index in [9.17, 15) is 14.7 Å². The lowest BCUT2D eigenvalue weighted by Crippen LogP contribution is -2.53. The zero-order chi connectivity index (χ0) is 24.9. The van der Waals surface area contributed by atoms with Crippen molar-refractivity contribution in [2.75, 3.05) is 6.61 Å². The predicted molar refractivity (Wildman–Crippen MR) is 131 cm³/mol. The number of aromatic nitrogens is 2. The minimum absolute atomic E-state index is 0.0548. The van der Waals surface area contributed by atoms with Gasteiger partial charge in [-0.05, 0) is 36.3 Å². The van der Waals surface area contributed by atoms with Crippen LogP contribution in [0.2, 0.25) is 36.3 Å². The van der Waals surface area contributed by atoms with Crippen LogP contribution in [0.15, 0.2) is 15.8 Å². The lowest BCUT2D eigenvalue weighted by Gasteiger charge is -2.44. The van der Waals surface area contributed by atoms with E-state index in [1.165, 1.54) is 10.8 Å². The SMILES string of the molecule is Cn1cc([C@@H]2O[C@H](CO)[C@@H](O[Si](C)(C)C(C)(C)C)[C@H]2O[Si](C)(C)C(C)(C)C)c(=O)[nH]c1=O. The molecule has 0 unspecified atom stereocenters. The van der Waals surface area contributed by atoms with Crippen LogP contribution in [-0.4, -0.2) is 56.2 Å². The van der Waals surface area contributed by atoms with Crippen LogP contribution in [0.1, 0.15) is 53.2 Å². The van der Waals surface area contributed by atoms with E-state index in [2.05, 4.69) is 72.7 Å². The first-order valence-corrected chi connectivity index (χ1v) is 17.1. The van der Waals surface area contributed by atoms with E-state index in [1.807, 2.05) is 0 Å². The highest BCUT2D eigenvalue weighted by Crippen LogP contribution is 2.46. The molecule has 8 nitrogen and oxygen atoms in total. The summed E-state index contributed by atoms with van der Waals surface area (Å²) in [5.74, 6) is 0. The van der Waals surface area contributed by atoms with Crippen molar-refractivity contribution in [2.24, 2.45) is 7.05 Å². The average molecular weight is 487 g/mol. The van der Waals surface area contributed by atoms with Crippen molar-refractivity contribution < 1.29 is 18.7 Å². The molecule has 1 aliphatic heterocycles. The zero-order valence-electron chi connectivity index (χ0n) is 21.5. The maximum atomic E-state index is 12.7. The molecule has 4 atom stereocenters. The molecule has 0 amide bonds. The van der Waals surface area contributed by atoms with E-state index >= 15 is 0 Å². The molecule has 1 aromatic heterocycles. The number of aliphatic hydroxyl groups is 1. The number of rotatable bonds is 6. The monoisotopic (exact) mass is 486 g/mol. The molecule has 2 heterocycles. The van der Waals surface area contributed by atoms with Crippen molar-refractivity contribution in [3.63, 3.8) is 0 Å². The van der Waals surface area contributed by atoms with Gasteiger partial charge in [0.2, 0.25) is 0 Å². The summed E-state index contributed by atoms with van der Waals surface area (Å²) in [6.07, 6.45) is -1.01. The van der Waals surface area contributed by atoms with Gasteiger partial charge in [0.15, 0.2) is 16.6 Å². The van der Waals surface area contributed by atoms with Gasteiger partial charge in [-0.15, -0.1) is 0 Å². The van der Waals surface area contributed by atoms with Gasteiger partial charge < -0.3 is 23.3 Å². The lowest BCUT2D eigenvalue weighted by atomic mass is 10.0. The molecule has 0 spiro atoms. The van der Waals surface area contributed by atoms with Crippen LogP contribution >= 0.6 is 0 Å². The number of hydrogen-bond donors (Lipinski definition) is 2. The van der Waals surface area contributed by atoms with Crippen LogP contribution in [0, 0.1) is 0 Å². The number of hydrogen-bond acceptors (Lipinski definition) is 6. The van der Waals surface area contributed by atoms with Crippen LogP contribution in [0.25, 0.3) is 0 Å². The lowest BCUT2D eigenvalue weighted by molar-refractivity contribution is -0.0208. The maximum absolute atomic E-state index is 12.7. The van der Waals surface area contributed by atoms with Gasteiger partial charge in [-0.25, -0.2) is 4.79 Å². The van der Waals surface area contributed by atoms with Gasteiger partial charge in [0.25, 0.3) is 5.56 Å². The topological polar surface area (TPSA) is 103 Å². The van der Waals surface area contributed by atoms with Crippen LogP contribution in [0.3, 0.4) is 0 Å². The summed E-state index contributed by atoms with van der Waals surface area (Å²) in [5, 5.41) is 10.0. The number of ether oxygens (including phenoxy) is 1. The Morgan fingerprint density at radius 2 is 1.47 bits per heavy atom. The molecule has 0 aliphatic carbocycles. The molecule has 1 aliphatic rings. The minimum Gasteiger partial charge on any atom is -0.408 e. The van der Waals surface area contributed by atoms with Crippen LogP contribution in [0.4, 0.5) is 0 Å². The fraction of sp³-hybridized carbons (Fsp3) is 0.818. The Bertz CT molecular complexity index is 926. The highest BCUT2D eigenvalue weighted by Gasteiger charge is 2.54. The molecule has 32 heavy (non-hydrogen) atoms. The molecule has 1 saturated heterocycles. The van der Waals surface area contributed by atoms with Gasteiger partial charge in [0, 0.05) is 13.2 Å². The first-order valence-electron chi connectivity index (χ1n) is 11.2. The van der Waals surface area contributed by atoms with E-state index in [0.717, 1.165) is 0 Å². The standard InChI is InChI=1S/C22H42N2O6Si2/c1-21(2,3)31(8,9)29-17-15(13-25)28-16(14-12-24(7)20(27)23-19(14)26)18(17)30-32(10,11)22(4,5)6/h12,15-18,25H,13H2,1-11H3,(H,23,26,27)/t15-,16+,17-,18+/m1/s1. The number of aliphatic hydroxyl groups excluding tert-OH is 1. The molecule has 0 radical (unpaired) electrons. The van der Waals surface area contributed by atoms with Gasteiger partial charge in [0.1, 0.15) is 24.4 Å². The Morgan fingerprint density at radius 1 is 1.00 bits per heavy atom. The third-order valence-corrected chi connectivity index (χ3v) is 16.4. The molecule has 2 N–H and O–H groups in total. The Balaban J connectivity index is 2.62. The third kappa shape index (κ3) is 5.36. The van der Waals surface area contributed by atoms with Crippen molar-refractivity contribution in [1.29, 1.82) is 0 Å². The molecule has 0 saturated carbocycles. The quantitative estimate of drug-likeness (QED) is 0.598. The van der Waals surface area contributed by atoms with Crippen molar-refractivity contribution in [2.45, 2.75) is 102 Å². The summed E-state index contributed by atoms with van der Waals surface area (Å²) < 4.78 is 21.1. The summed E-state index contributed by atoms with van der Waals surface area (Å²) in [4.78, 5) is 27.0. The van der Waals surface area contributed by atoms with Gasteiger partial charge in [-0.1, -0.05) is 41.5 Å². The molecular formula is C22H42N2O6Si2. The van der Waals surface area contributed by atoms with E-state index in [1.54, 1.807) is 7.05 Å². The maximum Gasteiger partial charge on any atom is 0.328 e. The van der Waals surface area contributed by atoms with Gasteiger partial charge >= 0.3 is 5.69 Å². The normalized spacial score (nSPS) is 25.4. The number of aryl methyl sites for hydroxylation is 1. The Kier molecular flexibility index (Phi) is 7.61. The Hall–Kier alpha value is -1.05. The second-order valence-corrected chi connectivity index (χ2v) is 21.4. The van der Waals surface area contributed by atoms with Crippen molar-refractivity contribution >= 4 is 16.6 Å². The highest BCUT2D eigenvalue weighted by atomic mass is 28.4. The first kappa shape index (κ1) is 27.2. The number of nitrogens with zero attached hydrogens (tertiary/aromatic N) is 1. The summed E-state index contributed by atoms with van der Waals surface area (Å²) in [6, 6.07) is 0. The molecule has 10 heteroatoms. The summed E-state index contributed by atoms with van der Waals surface area (Å²) in [6.45, 7) is 21.2. The van der Waals surface area contributed by atoms with Crippen LogP contribution in [-0.2, 0) is 20.6 Å². The number of aromatic amines is 1. The second kappa shape index (κ2) is 8.96. The largest absolute Gasteiger partial charge is 0.408 e. The second-order valence-electron chi connectivity index (χ2n) is 11.9. The molecular weight excluding hydrogens is 444 g/mol. The van der Waals surface area contributed by atoms with Crippen molar-refractivity contribution in [3.8, 4) is 0 Å². The molecule has 1 fully saturated rings. The van der Waals surface area contributed by atoms with E-state index in [0.29, 0.717) is 5.56 Å². The van der Waals surface area contributed by atoms with E-state index in [-0.39, 0.29) is 16.7 Å². The van der Waals surface area contributed by atoms with E-state index < -0.39 is 52.3 Å². The fourth-order valence-electron chi connectivity index (χ4n) is 3.22. The number of H-pyrrole nitrogens is 1. The molecule has 2 rings (SSSR count).